The van der Waals surface area contributed by atoms with Crippen LogP contribution in [0.15, 0.2) is 0 Å². The maximum Gasteiger partial charge on any atom is 0.0856 e. The lowest BCUT2D eigenvalue weighted by Gasteiger charge is -2.19. The summed E-state index contributed by atoms with van der Waals surface area (Å²) in [5, 5.41) is 4.19. The number of aromatic nitrogens is 2. The zero-order valence-corrected chi connectivity index (χ0v) is 11.3. The van der Waals surface area contributed by atoms with Gasteiger partial charge in [-0.3, -0.25) is 0 Å². The maximum atomic E-state index is 6.15. The molecule has 0 saturated carbocycles. The van der Waals surface area contributed by atoms with Gasteiger partial charge in [-0.25, -0.2) is 0 Å². The van der Waals surface area contributed by atoms with Crippen LogP contribution >= 0.6 is 11.5 Å². The molecule has 1 heterocycles. The number of methoxy groups -OCH3 is 1. The third kappa shape index (κ3) is 3.50. The van der Waals surface area contributed by atoms with E-state index in [1.54, 1.807) is 7.11 Å². The molecule has 1 rings (SSSR count). The standard InChI is InChI=1S/C11H21N3OS/c1-11(2,3)10-9(16-14-13-10)8(12)6-5-7-15-4/h8H,5-7,12H2,1-4H3. The smallest absolute Gasteiger partial charge is 0.0856 e. The van der Waals surface area contributed by atoms with Crippen molar-refractivity contribution in [3.8, 4) is 0 Å². The van der Waals surface area contributed by atoms with Crippen LogP contribution in [0, 0.1) is 0 Å². The van der Waals surface area contributed by atoms with E-state index in [-0.39, 0.29) is 11.5 Å². The van der Waals surface area contributed by atoms with Gasteiger partial charge in [-0.15, -0.1) is 5.10 Å². The highest BCUT2D eigenvalue weighted by Crippen LogP contribution is 2.30. The molecular weight excluding hydrogens is 222 g/mol. The van der Waals surface area contributed by atoms with Crippen molar-refractivity contribution >= 4 is 11.5 Å². The number of hydrogen-bond donors (Lipinski definition) is 1. The highest BCUT2D eigenvalue weighted by molar-refractivity contribution is 7.05. The lowest BCUT2D eigenvalue weighted by Crippen LogP contribution is -2.19. The van der Waals surface area contributed by atoms with E-state index in [0.29, 0.717) is 0 Å². The van der Waals surface area contributed by atoms with Crippen LogP contribution < -0.4 is 5.73 Å². The number of nitrogens with zero attached hydrogens (tertiary/aromatic N) is 2. The van der Waals surface area contributed by atoms with Crippen molar-refractivity contribution in [2.45, 2.75) is 45.1 Å². The van der Waals surface area contributed by atoms with Crippen molar-refractivity contribution in [1.82, 2.24) is 9.59 Å². The van der Waals surface area contributed by atoms with Crippen molar-refractivity contribution in [3.63, 3.8) is 0 Å². The Morgan fingerprint density at radius 2 is 2.12 bits per heavy atom. The summed E-state index contributed by atoms with van der Waals surface area (Å²) >= 11 is 1.42. The van der Waals surface area contributed by atoms with Gasteiger partial charge in [0.05, 0.1) is 10.6 Å². The zero-order chi connectivity index (χ0) is 12.2. The normalized spacial score (nSPS) is 14.1. The van der Waals surface area contributed by atoms with E-state index in [9.17, 15) is 0 Å². The van der Waals surface area contributed by atoms with E-state index in [4.69, 9.17) is 10.5 Å². The molecule has 1 unspecified atom stereocenters. The summed E-state index contributed by atoms with van der Waals surface area (Å²) in [4.78, 5) is 1.11. The molecule has 0 aromatic carbocycles. The van der Waals surface area contributed by atoms with Crippen LogP contribution in [0.5, 0.6) is 0 Å². The molecular formula is C11H21N3OS. The van der Waals surface area contributed by atoms with Crippen LogP contribution in [0.25, 0.3) is 0 Å². The molecule has 0 saturated heterocycles. The van der Waals surface area contributed by atoms with Gasteiger partial charge in [-0.05, 0) is 24.4 Å². The van der Waals surface area contributed by atoms with Gasteiger partial charge < -0.3 is 10.5 Å². The Bertz CT molecular complexity index is 319. The Labute approximate surface area is 101 Å². The highest BCUT2D eigenvalue weighted by Gasteiger charge is 2.25. The van der Waals surface area contributed by atoms with Crippen LogP contribution in [0.2, 0.25) is 0 Å². The summed E-state index contributed by atoms with van der Waals surface area (Å²) in [6.45, 7) is 7.16. The molecule has 0 aliphatic heterocycles. The summed E-state index contributed by atoms with van der Waals surface area (Å²) in [5.74, 6) is 0. The van der Waals surface area contributed by atoms with E-state index in [1.165, 1.54) is 11.5 Å². The molecule has 0 aliphatic rings. The third-order valence-corrected chi connectivity index (χ3v) is 3.28. The fourth-order valence-electron chi connectivity index (χ4n) is 1.54. The van der Waals surface area contributed by atoms with Crippen molar-refractivity contribution in [1.29, 1.82) is 0 Å². The SMILES string of the molecule is COCCCC(N)c1snnc1C(C)(C)C. The summed E-state index contributed by atoms with van der Waals surface area (Å²) in [7, 11) is 1.71. The van der Waals surface area contributed by atoms with Crippen LogP contribution in [0.4, 0.5) is 0 Å². The Balaban J connectivity index is 2.68. The van der Waals surface area contributed by atoms with E-state index in [2.05, 4.69) is 30.4 Å². The molecule has 0 spiro atoms. The first-order chi connectivity index (χ1) is 7.46. The van der Waals surface area contributed by atoms with Gasteiger partial charge in [0.1, 0.15) is 0 Å². The minimum Gasteiger partial charge on any atom is -0.385 e. The molecule has 1 aromatic heterocycles. The van der Waals surface area contributed by atoms with Gasteiger partial charge in [0.15, 0.2) is 0 Å². The molecule has 5 heteroatoms. The molecule has 0 bridgehead atoms. The van der Waals surface area contributed by atoms with Gasteiger partial charge in [-0.1, -0.05) is 25.3 Å². The van der Waals surface area contributed by atoms with Gasteiger partial charge in [0.2, 0.25) is 0 Å². The minimum atomic E-state index is 0.0151. The van der Waals surface area contributed by atoms with Crippen molar-refractivity contribution in [2.75, 3.05) is 13.7 Å². The molecule has 0 amide bonds. The quantitative estimate of drug-likeness (QED) is 0.806. The Kier molecular flexibility index (Phi) is 4.83. The molecule has 0 aliphatic carbocycles. The fraction of sp³-hybridized carbons (Fsp3) is 0.818. The van der Waals surface area contributed by atoms with Gasteiger partial charge in [-0.2, -0.15) is 0 Å². The molecule has 0 radical (unpaired) electrons. The number of hydrogen-bond acceptors (Lipinski definition) is 5. The molecule has 16 heavy (non-hydrogen) atoms. The van der Waals surface area contributed by atoms with Gasteiger partial charge in [0, 0.05) is 25.2 Å². The topological polar surface area (TPSA) is 61.0 Å². The predicted octanol–water partition coefficient (Wildman–Crippen LogP) is 2.26. The third-order valence-electron chi connectivity index (χ3n) is 2.42. The summed E-state index contributed by atoms with van der Waals surface area (Å²) < 4.78 is 9.04. The van der Waals surface area contributed by atoms with E-state index in [0.717, 1.165) is 30.0 Å². The average molecular weight is 243 g/mol. The van der Waals surface area contributed by atoms with E-state index in [1.807, 2.05) is 0 Å². The van der Waals surface area contributed by atoms with E-state index < -0.39 is 0 Å². The van der Waals surface area contributed by atoms with Crippen LogP contribution in [-0.2, 0) is 10.2 Å². The lowest BCUT2D eigenvalue weighted by atomic mass is 9.89. The molecule has 4 nitrogen and oxygen atoms in total. The number of ether oxygens (including phenoxy) is 1. The van der Waals surface area contributed by atoms with Gasteiger partial charge >= 0.3 is 0 Å². The number of nitrogens with two attached hydrogens (primary N) is 1. The summed E-state index contributed by atoms with van der Waals surface area (Å²) in [6, 6.07) is 0.0318. The second-order valence-corrected chi connectivity index (χ2v) is 5.76. The molecule has 1 atom stereocenters. The highest BCUT2D eigenvalue weighted by atomic mass is 32.1. The average Bonchev–Trinajstić information content (AvgIpc) is 2.65. The first kappa shape index (κ1) is 13.5. The molecule has 92 valence electrons. The predicted molar refractivity (Wildman–Crippen MR) is 66.6 cm³/mol. The van der Waals surface area contributed by atoms with Gasteiger partial charge in [0.25, 0.3) is 0 Å². The fourth-order valence-corrected chi connectivity index (χ4v) is 2.44. The van der Waals surface area contributed by atoms with E-state index >= 15 is 0 Å². The zero-order valence-electron chi connectivity index (χ0n) is 10.5. The first-order valence-electron chi connectivity index (χ1n) is 5.54. The first-order valence-corrected chi connectivity index (χ1v) is 6.31. The molecule has 2 N–H and O–H groups in total. The second-order valence-electron chi connectivity index (χ2n) is 4.98. The molecule has 0 fully saturated rings. The minimum absolute atomic E-state index is 0.0151. The summed E-state index contributed by atoms with van der Waals surface area (Å²) in [5.41, 5.74) is 7.20. The lowest BCUT2D eigenvalue weighted by molar-refractivity contribution is 0.190. The second kappa shape index (κ2) is 5.70. The summed E-state index contributed by atoms with van der Waals surface area (Å²) in [6.07, 6.45) is 1.89. The maximum absolute atomic E-state index is 6.15. The van der Waals surface area contributed by atoms with Crippen molar-refractivity contribution in [2.24, 2.45) is 5.73 Å². The monoisotopic (exact) mass is 243 g/mol. The molecule has 1 aromatic rings. The number of rotatable bonds is 5. The van der Waals surface area contributed by atoms with Crippen LogP contribution in [0.1, 0.15) is 50.2 Å². The largest absolute Gasteiger partial charge is 0.385 e. The Hall–Kier alpha value is -0.520. The van der Waals surface area contributed by atoms with Crippen molar-refractivity contribution < 1.29 is 4.74 Å². The van der Waals surface area contributed by atoms with Crippen LogP contribution in [-0.4, -0.2) is 23.3 Å². The van der Waals surface area contributed by atoms with Crippen LogP contribution in [0.3, 0.4) is 0 Å². The Morgan fingerprint density at radius 3 is 2.69 bits per heavy atom. The Morgan fingerprint density at radius 1 is 1.44 bits per heavy atom. The van der Waals surface area contributed by atoms with Crippen molar-refractivity contribution in [3.05, 3.63) is 10.6 Å².